The van der Waals surface area contributed by atoms with E-state index in [4.69, 9.17) is 0 Å². The molecule has 0 fully saturated rings. The number of nitrogens with zero attached hydrogens (tertiary/aromatic N) is 1. The van der Waals surface area contributed by atoms with Gasteiger partial charge in [0.15, 0.2) is 0 Å². The minimum absolute atomic E-state index is 0.349. The Labute approximate surface area is 76.3 Å². The van der Waals surface area contributed by atoms with E-state index in [9.17, 15) is 9.59 Å². The molecule has 0 saturated heterocycles. The third-order valence-electron chi connectivity index (χ3n) is 1.57. The zero-order valence-corrected chi connectivity index (χ0v) is 7.06. The Kier molecular flexibility index (Phi) is 2.59. The van der Waals surface area contributed by atoms with Crippen molar-refractivity contribution >= 4 is 11.8 Å². The molecular formula is C10H9NO2. The molecule has 1 aliphatic rings. The summed E-state index contributed by atoms with van der Waals surface area (Å²) in [5.41, 5.74) is 0.440. The number of hydrogen-bond acceptors (Lipinski definition) is 2. The van der Waals surface area contributed by atoms with E-state index >= 15 is 0 Å². The lowest BCUT2D eigenvalue weighted by Crippen LogP contribution is -2.28. The molecular weight excluding hydrogens is 166 g/mol. The first kappa shape index (κ1) is 9.19. The molecule has 0 atom stereocenters. The first-order chi connectivity index (χ1) is 6.20. The fourth-order valence-electron chi connectivity index (χ4n) is 1.01. The van der Waals surface area contributed by atoms with Crippen LogP contribution < -0.4 is 0 Å². The highest BCUT2D eigenvalue weighted by molar-refractivity contribution is 6.14. The van der Waals surface area contributed by atoms with Gasteiger partial charge in [0.1, 0.15) is 0 Å². The van der Waals surface area contributed by atoms with Crippen molar-refractivity contribution in [3.63, 3.8) is 0 Å². The third kappa shape index (κ3) is 1.64. The average Bonchev–Trinajstić information content (AvgIpc) is 2.43. The summed E-state index contributed by atoms with van der Waals surface area (Å²) in [6.07, 6.45) is 6.93. The molecule has 0 saturated carbocycles. The third-order valence-corrected chi connectivity index (χ3v) is 1.57. The Balaban J connectivity index is 3.00. The van der Waals surface area contributed by atoms with E-state index in [1.165, 1.54) is 24.3 Å². The summed E-state index contributed by atoms with van der Waals surface area (Å²) in [6.45, 7) is 6.98. The van der Waals surface area contributed by atoms with Crippen LogP contribution >= 0.6 is 0 Å². The van der Waals surface area contributed by atoms with Crippen molar-refractivity contribution in [2.75, 3.05) is 0 Å². The Morgan fingerprint density at radius 2 is 1.77 bits per heavy atom. The van der Waals surface area contributed by atoms with Gasteiger partial charge in [-0.05, 0) is 12.2 Å². The van der Waals surface area contributed by atoms with Crippen molar-refractivity contribution in [2.24, 2.45) is 0 Å². The summed E-state index contributed by atoms with van der Waals surface area (Å²) in [4.78, 5) is 23.3. The van der Waals surface area contributed by atoms with Gasteiger partial charge in [-0.25, -0.2) is 4.90 Å². The standard InChI is InChI=1S/C10H9NO2/c1-3-5-8(4-2)11-9(12)6-7-10(11)13/h3-7H,1-2H2/b8-5+. The maximum atomic E-state index is 11.2. The molecule has 0 unspecified atom stereocenters. The monoisotopic (exact) mass is 175 g/mol. The molecule has 0 aliphatic carbocycles. The number of carbonyl (C=O) groups excluding carboxylic acids is 2. The summed E-state index contributed by atoms with van der Waals surface area (Å²) < 4.78 is 0. The zero-order chi connectivity index (χ0) is 9.84. The molecule has 0 aromatic heterocycles. The number of carbonyl (C=O) groups is 2. The molecule has 13 heavy (non-hydrogen) atoms. The zero-order valence-electron chi connectivity index (χ0n) is 7.06. The predicted octanol–water partition coefficient (Wildman–Crippen LogP) is 1.17. The van der Waals surface area contributed by atoms with Crippen molar-refractivity contribution in [3.8, 4) is 0 Å². The minimum atomic E-state index is -0.349. The van der Waals surface area contributed by atoms with E-state index < -0.39 is 0 Å². The SMILES string of the molecule is C=C/C=C(\C=C)N1C(=O)C=CC1=O. The largest absolute Gasteiger partial charge is 0.269 e. The molecule has 2 amide bonds. The minimum Gasteiger partial charge on any atom is -0.269 e. The molecule has 0 bridgehead atoms. The van der Waals surface area contributed by atoms with Crippen molar-refractivity contribution in [1.82, 2.24) is 4.90 Å². The Bertz CT molecular complexity index is 319. The number of hydrogen-bond donors (Lipinski definition) is 0. The summed E-state index contributed by atoms with van der Waals surface area (Å²) in [7, 11) is 0. The van der Waals surface area contributed by atoms with Crippen molar-refractivity contribution in [3.05, 3.63) is 49.2 Å². The number of rotatable bonds is 3. The molecule has 3 nitrogen and oxygen atoms in total. The van der Waals surface area contributed by atoms with Gasteiger partial charge in [0, 0.05) is 12.2 Å². The van der Waals surface area contributed by atoms with Crippen LogP contribution in [0, 0.1) is 0 Å². The van der Waals surface area contributed by atoms with Crippen molar-refractivity contribution < 1.29 is 9.59 Å². The topological polar surface area (TPSA) is 37.4 Å². The maximum Gasteiger partial charge on any atom is 0.258 e. The van der Waals surface area contributed by atoms with Gasteiger partial charge in [-0.1, -0.05) is 19.2 Å². The number of allylic oxidation sites excluding steroid dienone is 3. The second kappa shape index (κ2) is 3.67. The van der Waals surface area contributed by atoms with Gasteiger partial charge in [-0.3, -0.25) is 9.59 Å². The van der Waals surface area contributed by atoms with Crippen LogP contribution in [0.1, 0.15) is 0 Å². The quantitative estimate of drug-likeness (QED) is 0.477. The molecule has 1 heterocycles. The Morgan fingerprint density at radius 1 is 1.23 bits per heavy atom. The Hall–Kier alpha value is -1.90. The van der Waals surface area contributed by atoms with E-state index in [0.717, 1.165) is 4.90 Å². The molecule has 0 radical (unpaired) electrons. The van der Waals surface area contributed by atoms with Crippen LogP contribution in [0.4, 0.5) is 0 Å². The lowest BCUT2D eigenvalue weighted by atomic mass is 10.3. The molecule has 0 aromatic rings. The van der Waals surface area contributed by atoms with Crippen LogP contribution in [0.3, 0.4) is 0 Å². The van der Waals surface area contributed by atoms with E-state index in [0.29, 0.717) is 5.70 Å². The number of imide groups is 1. The highest BCUT2D eigenvalue weighted by atomic mass is 16.2. The molecule has 0 aromatic carbocycles. The predicted molar refractivity (Wildman–Crippen MR) is 49.5 cm³/mol. The summed E-state index contributed by atoms with van der Waals surface area (Å²) in [6, 6.07) is 0. The van der Waals surface area contributed by atoms with Gasteiger partial charge in [0.05, 0.1) is 5.70 Å². The molecule has 1 rings (SSSR count). The smallest absolute Gasteiger partial charge is 0.258 e. The average molecular weight is 175 g/mol. The summed E-state index contributed by atoms with van der Waals surface area (Å²) in [5.74, 6) is -0.698. The molecule has 1 aliphatic heterocycles. The normalized spacial score (nSPS) is 16.6. The molecule has 3 heteroatoms. The van der Waals surface area contributed by atoms with Crippen LogP contribution in [0.2, 0.25) is 0 Å². The summed E-state index contributed by atoms with van der Waals surface area (Å²) in [5, 5.41) is 0. The highest BCUT2D eigenvalue weighted by Gasteiger charge is 2.24. The lowest BCUT2D eigenvalue weighted by Gasteiger charge is -2.13. The fraction of sp³-hybridized carbons (Fsp3) is 0. The molecule has 0 N–H and O–H groups in total. The maximum absolute atomic E-state index is 11.2. The summed E-state index contributed by atoms with van der Waals surface area (Å²) >= 11 is 0. The van der Waals surface area contributed by atoms with Gasteiger partial charge in [-0.15, -0.1) is 0 Å². The van der Waals surface area contributed by atoms with Crippen LogP contribution in [-0.4, -0.2) is 16.7 Å². The lowest BCUT2D eigenvalue weighted by molar-refractivity contribution is -0.134. The van der Waals surface area contributed by atoms with Gasteiger partial charge >= 0.3 is 0 Å². The van der Waals surface area contributed by atoms with E-state index in [2.05, 4.69) is 13.2 Å². The van der Waals surface area contributed by atoms with E-state index in [-0.39, 0.29) is 11.8 Å². The van der Waals surface area contributed by atoms with Crippen molar-refractivity contribution in [2.45, 2.75) is 0 Å². The van der Waals surface area contributed by atoms with Gasteiger partial charge in [0.2, 0.25) is 0 Å². The van der Waals surface area contributed by atoms with Gasteiger partial charge in [0.25, 0.3) is 11.8 Å². The van der Waals surface area contributed by atoms with Crippen LogP contribution in [-0.2, 0) is 9.59 Å². The molecule has 66 valence electrons. The fourth-order valence-corrected chi connectivity index (χ4v) is 1.01. The van der Waals surface area contributed by atoms with Gasteiger partial charge in [-0.2, -0.15) is 0 Å². The number of amides is 2. The van der Waals surface area contributed by atoms with E-state index in [1.54, 1.807) is 6.08 Å². The van der Waals surface area contributed by atoms with Crippen LogP contribution in [0.5, 0.6) is 0 Å². The molecule has 0 spiro atoms. The van der Waals surface area contributed by atoms with Crippen molar-refractivity contribution in [1.29, 1.82) is 0 Å². The first-order valence-corrected chi connectivity index (χ1v) is 3.72. The first-order valence-electron chi connectivity index (χ1n) is 3.72. The second-order valence-corrected chi connectivity index (χ2v) is 2.38. The highest BCUT2D eigenvalue weighted by Crippen LogP contribution is 2.12. The second-order valence-electron chi connectivity index (χ2n) is 2.38. The van der Waals surface area contributed by atoms with E-state index in [1.807, 2.05) is 0 Å². The van der Waals surface area contributed by atoms with Gasteiger partial charge < -0.3 is 0 Å². The Morgan fingerprint density at radius 3 is 2.15 bits per heavy atom. The van der Waals surface area contributed by atoms with Crippen LogP contribution in [0.25, 0.3) is 0 Å². The van der Waals surface area contributed by atoms with Crippen LogP contribution in [0.15, 0.2) is 49.2 Å².